The van der Waals surface area contributed by atoms with Gasteiger partial charge in [-0.15, -0.1) is 0 Å². The zero-order chi connectivity index (χ0) is 27.9. The van der Waals surface area contributed by atoms with Gasteiger partial charge in [-0.05, 0) is 89.8 Å². The maximum absolute atomic E-state index is 13.9. The Morgan fingerprint density at radius 2 is 1.70 bits per heavy atom. The number of aromatic nitrogens is 1. The third-order valence-corrected chi connectivity index (χ3v) is 7.00. The van der Waals surface area contributed by atoms with Gasteiger partial charge in [0.05, 0.1) is 20.8 Å². The predicted molar refractivity (Wildman–Crippen MR) is 154 cm³/mol. The molecule has 204 valence electrons. The summed E-state index contributed by atoms with van der Waals surface area (Å²) in [7, 11) is 3.08. The molecule has 3 aromatic carbocycles. The first-order chi connectivity index (χ1) is 19.6. The largest absolute Gasteiger partial charge is 0.493 e. The van der Waals surface area contributed by atoms with E-state index in [2.05, 4.69) is 27.8 Å². The molecule has 2 amide bonds. The first-order valence-corrected chi connectivity index (χ1v) is 13.2. The van der Waals surface area contributed by atoms with E-state index >= 15 is 0 Å². The number of nitrogens with one attached hydrogen (secondary N) is 2. The van der Waals surface area contributed by atoms with Gasteiger partial charge >= 0.3 is 0 Å². The van der Waals surface area contributed by atoms with Crippen LogP contribution in [0.5, 0.6) is 11.5 Å². The SMILES string of the molecule is COc1ccc(C(=O)NCc2cccc(C(=O)N(Cc3ccncc3)c3ccc4c(c3)CNCC4)c2)cc1OC. The highest BCUT2D eigenvalue weighted by Gasteiger charge is 2.21. The van der Waals surface area contributed by atoms with Crippen LogP contribution in [-0.2, 0) is 26.1 Å². The van der Waals surface area contributed by atoms with Gasteiger partial charge in [0.15, 0.2) is 11.5 Å². The minimum Gasteiger partial charge on any atom is -0.493 e. The third-order valence-electron chi connectivity index (χ3n) is 7.00. The number of hydrogen-bond acceptors (Lipinski definition) is 6. The minimum absolute atomic E-state index is 0.117. The van der Waals surface area contributed by atoms with Crippen LogP contribution in [0, 0.1) is 0 Å². The minimum atomic E-state index is -0.250. The van der Waals surface area contributed by atoms with Crippen LogP contribution in [0.15, 0.2) is 85.2 Å². The van der Waals surface area contributed by atoms with E-state index in [1.54, 1.807) is 42.6 Å². The van der Waals surface area contributed by atoms with Crippen LogP contribution in [0.25, 0.3) is 0 Å². The molecule has 40 heavy (non-hydrogen) atoms. The van der Waals surface area contributed by atoms with E-state index in [0.717, 1.165) is 36.3 Å². The molecule has 1 aromatic heterocycles. The maximum Gasteiger partial charge on any atom is 0.258 e. The topological polar surface area (TPSA) is 92.8 Å². The van der Waals surface area contributed by atoms with Gasteiger partial charge in [0.2, 0.25) is 0 Å². The lowest BCUT2D eigenvalue weighted by molar-refractivity contribution is 0.0949. The van der Waals surface area contributed by atoms with Crippen molar-refractivity contribution in [1.82, 2.24) is 15.6 Å². The van der Waals surface area contributed by atoms with Crippen molar-refractivity contribution in [1.29, 1.82) is 0 Å². The van der Waals surface area contributed by atoms with Gasteiger partial charge in [-0.3, -0.25) is 14.6 Å². The van der Waals surface area contributed by atoms with Gasteiger partial charge in [0, 0.05) is 42.3 Å². The molecular weight excluding hydrogens is 504 g/mol. The fourth-order valence-electron chi connectivity index (χ4n) is 4.82. The molecule has 4 aromatic rings. The number of ether oxygens (including phenoxy) is 2. The molecule has 1 aliphatic rings. The predicted octanol–water partition coefficient (Wildman–Crippen LogP) is 4.52. The molecule has 0 aliphatic carbocycles. The Morgan fingerprint density at radius 1 is 0.875 bits per heavy atom. The van der Waals surface area contributed by atoms with Crippen LogP contribution >= 0.6 is 0 Å². The van der Waals surface area contributed by atoms with E-state index < -0.39 is 0 Å². The summed E-state index contributed by atoms with van der Waals surface area (Å²) in [5.41, 5.74) is 6.17. The van der Waals surface area contributed by atoms with Gasteiger partial charge in [-0.25, -0.2) is 0 Å². The van der Waals surface area contributed by atoms with Crippen LogP contribution in [0.1, 0.15) is 43.0 Å². The van der Waals surface area contributed by atoms with Gasteiger partial charge in [-0.2, -0.15) is 0 Å². The number of amides is 2. The van der Waals surface area contributed by atoms with Crippen LogP contribution in [0.2, 0.25) is 0 Å². The summed E-state index contributed by atoms with van der Waals surface area (Å²) in [4.78, 5) is 32.7. The number of carbonyl (C=O) groups is 2. The summed E-state index contributed by atoms with van der Waals surface area (Å²) in [6.45, 7) is 2.42. The van der Waals surface area contributed by atoms with E-state index in [0.29, 0.717) is 29.2 Å². The Morgan fingerprint density at radius 3 is 2.50 bits per heavy atom. The summed E-state index contributed by atoms with van der Waals surface area (Å²) < 4.78 is 10.6. The Labute approximate surface area is 234 Å². The zero-order valence-corrected chi connectivity index (χ0v) is 22.6. The molecule has 1 aliphatic heterocycles. The molecule has 0 radical (unpaired) electrons. The number of methoxy groups -OCH3 is 2. The second kappa shape index (κ2) is 12.4. The normalized spacial score (nSPS) is 12.2. The number of anilines is 1. The van der Waals surface area contributed by atoms with Gasteiger partial charge in [0.25, 0.3) is 11.8 Å². The standard InChI is InChI=1S/C32H32N4O4/c1-39-29-9-7-25(18-30(29)40-2)31(37)35-19-23-4-3-5-26(16-23)32(38)36(21-22-10-13-33-14-11-22)28-8-6-24-12-15-34-20-27(24)17-28/h3-11,13-14,16-18,34H,12,15,19-21H2,1-2H3,(H,35,37). The van der Waals surface area contributed by atoms with Crippen molar-refractivity contribution in [2.24, 2.45) is 0 Å². The average Bonchev–Trinajstić information content (AvgIpc) is 3.02. The van der Waals surface area contributed by atoms with Crippen LogP contribution in [0.3, 0.4) is 0 Å². The van der Waals surface area contributed by atoms with E-state index in [-0.39, 0.29) is 18.4 Å². The lowest BCUT2D eigenvalue weighted by Crippen LogP contribution is -2.31. The Bertz CT molecular complexity index is 1510. The first kappa shape index (κ1) is 26.9. The van der Waals surface area contributed by atoms with Crippen molar-refractivity contribution >= 4 is 17.5 Å². The molecule has 0 saturated carbocycles. The molecule has 2 heterocycles. The second-order valence-corrected chi connectivity index (χ2v) is 9.58. The Kier molecular flexibility index (Phi) is 8.37. The highest BCUT2D eigenvalue weighted by Crippen LogP contribution is 2.28. The highest BCUT2D eigenvalue weighted by molar-refractivity contribution is 6.06. The average molecular weight is 537 g/mol. The fraction of sp³-hybridized carbons (Fsp3) is 0.219. The fourth-order valence-corrected chi connectivity index (χ4v) is 4.82. The number of pyridine rings is 1. The summed E-state index contributed by atoms with van der Waals surface area (Å²) >= 11 is 0. The second-order valence-electron chi connectivity index (χ2n) is 9.58. The molecule has 0 atom stereocenters. The third kappa shape index (κ3) is 6.13. The van der Waals surface area contributed by atoms with Crippen LogP contribution in [0.4, 0.5) is 5.69 Å². The van der Waals surface area contributed by atoms with E-state index in [1.165, 1.54) is 18.2 Å². The molecular formula is C32H32N4O4. The molecule has 5 rings (SSSR count). The van der Waals surface area contributed by atoms with E-state index in [9.17, 15) is 9.59 Å². The lowest BCUT2D eigenvalue weighted by atomic mass is 9.99. The summed E-state index contributed by atoms with van der Waals surface area (Å²) in [5, 5.41) is 6.34. The van der Waals surface area contributed by atoms with E-state index in [1.807, 2.05) is 42.5 Å². The number of benzene rings is 3. The zero-order valence-electron chi connectivity index (χ0n) is 22.6. The van der Waals surface area contributed by atoms with Gasteiger partial charge < -0.3 is 25.0 Å². The van der Waals surface area contributed by atoms with Crippen LogP contribution < -0.4 is 25.0 Å². The quantitative estimate of drug-likeness (QED) is 0.327. The van der Waals surface area contributed by atoms with Crippen molar-refractivity contribution in [2.75, 3.05) is 25.7 Å². The van der Waals surface area contributed by atoms with Crippen molar-refractivity contribution < 1.29 is 19.1 Å². The van der Waals surface area contributed by atoms with Gasteiger partial charge in [0.1, 0.15) is 0 Å². The number of rotatable bonds is 9. The Hall–Kier alpha value is -4.69. The number of hydrogen-bond donors (Lipinski definition) is 2. The molecule has 0 unspecified atom stereocenters. The molecule has 2 N–H and O–H groups in total. The molecule has 0 fully saturated rings. The van der Waals surface area contributed by atoms with Crippen molar-refractivity contribution in [3.05, 3.63) is 119 Å². The first-order valence-electron chi connectivity index (χ1n) is 13.2. The molecule has 8 nitrogen and oxygen atoms in total. The summed E-state index contributed by atoms with van der Waals surface area (Å²) in [6.07, 6.45) is 4.44. The van der Waals surface area contributed by atoms with Gasteiger partial charge in [-0.1, -0.05) is 18.2 Å². The number of carbonyl (C=O) groups excluding carboxylic acids is 2. The van der Waals surface area contributed by atoms with Crippen molar-refractivity contribution in [3.8, 4) is 11.5 Å². The molecule has 0 bridgehead atoms. The van der Waals surface area contributed by atoms with Crippen molar-refractivity contribution in [2.45, 2.75) is 26.1 Å². The summed E-state index contributed by atoms with van der Waals surface area (Å²) in [6, 6.07) is 22.5. The van der Waals surface area contributed by atoms with Crippen molar-refractivity contribution in [3.63, 3.8) is 0 Å². The molecule has 0 spiro atoms. The lowest BCUT2D eigenvalue weighted by Gasteiger charge is -2.26. The molecule has 0 saturated heterocycles. The monoisotopic (exact) mass is 536 g/mol. The number of nitrogens with zero attached hydrogens (tertiary/aromatic N) is 2. The number of fused-ring (bicyclic) bond motifs is 1. The smallest absolute Gasteiger partial charge is 0.258 e. The highest BCUT2D eigenvalue weighted by atomic mass is 16.5. The Balaban J connectivity index is 1.36. The summed E-state index contributed by atoms with van der Waals surface area (Å²) in [5.74, 6) is 0.667. The van der Waals surface area contributed by atoms with Crippen LogP contribution in [-0.4, -0.2) is 37.6 Å². The van der Waals surface area contributed by atoms with E-state index in [4.69, 9.17) is 9.47 Å². The molecule has 8 heteroatoms. The maximum atomic E-state index is 13.9.